The molecule has 3 rings (SSSR count). The molecule has 0 spiro atoms. The molecular weight excluding hydrogens is 368 g/mol. The van der Waals surface area contributed by atoms with E-state index in [1.807, 2.05) is 24.3 Å². The van der Waals surface area contributed by atoms with Crippen LogP contribution in [0.15, 0.2) is 40.8 Å². The van der Waals surface area contributed by atoms with Gasteiger partial charge in [-0.3, -0.25) is 9.36 Å². The van der Waals surface area contributed by atoms with Gasteiger partial charge in [0.2, 0.25) is 0 Å². The summed E-state index contributed by atoms with van der Waals surface area (Å²) in [4.78, 5) is 29.6. The highest BCUT2D eigenvalue weighted by Crippen LogP contribution is 2.21. The molecule has 0 N–H and O–H groups in total. The van der Waals surface area contributed by atoms with Gasteiger partial charge >= 0.3 is 5.97 Å². The fourth-order valence-corrected chi connectivity index (χ4v) is 3.45. The lowest BCUT2D eigenvalue weighted by Crippen LogP contribution is -2.22. The SMILES string of the molecule is CCOC(=O)c1csc2ncn(CCCOc3ccc(OC)cc3)c(=O)c12. The Balaban J connectivity index is 1.66. The predicted octanol–water partition coefficient (Wildman–Crippen LogP) is 3.11. The summed E-state index contributed by atoms with van der Waals surface area (Å²) in [6.45, 7) is 2.88. The number of carbonyl (C=O) groups is 1. The molecule has 0 fully saturated rings. The van der Waals surface area contributed by atoms with E-state index in [9.17, 15) is 9.59 Å². The van der Waals surface area contributed by atoms with Crippen molar-refractivity contribution in [2.75, 3.05) is 20.3 Å². The second-order valence-electron chi connectivity index (χ2n) is 5.67. The molecule has 0 amide bonds. The smallest absolute Gasteiger partial charge is 0.339 e. The summed E-state index contributed by atoms with van der Waals surface area (Å²) in [5.41, 5.74) is 0.0342. The Morgan fingerprint density at radius 3 is 2.67 bits per heavy atom. The van der Waals surface area contributed by atoms with Crippen molar-refractivity contribution < 1.29 is 19.0 Å². The quantitative estimate of drug-likeness (QED) is 0.436. The second-order valence-corrected chi connectivity index (χ2v) is 6.53. The molecule has 0 aliphatic carbocycles. The molecule has 142 valence electrons. The average molecular weight is 388 g/mol. The Morgan fingerprint density at radius 2 is 1.96 bits per heavy atom. The summed E-state index contributed by atoms with van der Waals surface area (Å²) in [7, 11) is 1.61. The first kappa shape index (κ1) is 18.9. The van der Waals surface area contributed by atoms with E-state index in [0.717, 1.165) is 11.5 Å². The number of aryl methyl sites for hydroxylation is 1. The molecule has 0 aliphatic rings. The Bertz CT molecular complexity index is 978. The summed E-state index contributed by atoms with van der Waals surface area (Å²) in [5.74, 6) is 1.00. The fourth-order valence-electron chi connectivity index (χ4n) is 2.58. The topological polar surface area (TPSA) is 79.7 Å². The Morgan fingerprint density at radius 1 is 1.22 bits per heavy atom. The van der Waals surface area contributed by atoms with Crippen LogP contribution in [-0.4, -0.2) is 35.8 Å². The van der Waals surface area contributed by atoms with Crippen molar-refractivity contribution in [2.45, 2.75) is 19.9 Å². The lowest BCUT2D eigenvalue weighted by Gasteiger charge is -2.08. The zero-order valence-corrected chi connectivity index (χ0v) is 16.0. The van der Waals surface area contributed by atoms with E-state index in [1.165, 1.54) is 22.2 Å². The molecule has 0 saturated carbocycles. The lowest BCUT2D eigenvalue weighted by molar-refractivity contribution is 0.0529. The van der Waals surface area contributed by atoms with Crippen molar-refractivity contribution in [3.8, 4) is 11.5 Å². The molecule has 0 aliphatic heterocycles. The lowest BCUT2D eigenvalue weighted by atomic mass is 10.2. The van der Waals surface area contributed by atoms with Crippen molar-refractivity contribution in [3.05, 3.63) is 51.9 Å². The molecule has 2 aromatic heterocycles. The molecule has 0 unspecified atom stereocenters. The van der Waals surface area contributed by atoms with Gasteiger partial charge in [0.15, 0.2) is 0 Å². The monoisotopic (exact) mass is 388 g/mol. The third-order valence-corrected chi connectivity index (χ3v) is 4.81. The zero-order chi connectivity index (χ0) is 19.2. The first-order chi connectivity index (χ1) is 13.1. The highest BCUT2D eigenvalue weighted by molar-refractivity contribution is 7.17. The van der Waals surface area contributed by atoms with Gasteiger partial charge in [0.1, 0.15) is 16.3 Å². The Labute approximate surface area is 160 Å². The average Bonchev–Trinajstić information content (AvgIpc) is 3.12. The van der Waals surface area contributed by atoms with E-state index in [2.05, 4.69) is 4.98 Å². The third kappa shape index (κ3) is 4.28. The summed E-state index contributed by atoms with van der Waals surface area (Å²) in [6.07, 6.45) is 2.13. The number of nitrogens with zero attached hydrogens (tertiary/aromatic N) is 2. The van der Waals surface area contributed by atoms with Gasteiger partial charge in [-0.2, -0.15) is 0 Å². The molecule has 1 aromatic carbocycles. The highest BCUT2D eigenvalue weighted by Gasteiger charge is 2.18. The number of carbonyl (C=O) groups excluding carboxylic acids is 1. The molecule has 3 aromatic rings. The van der Waals surface area contributed by atoms with Gasteiger partial charge in [-0.15, -0.1) is 11.3 Å². The van der Waals surface area contributed by atoms with E-state index < -0.39 is 5.97 Å². The van der Waals surface area contributed by atoms with E-state index >= 15 is 0 Å². The number of hydrogen-bond donors (Lipinski definition) is 0. The second kappa shape index (κ2) is 8.68. The van der Waals surface area contributed by atoms with Crippen LogP contribution in [0.2, 0.25) is 0 Å². The molecule has 0 saturated heterocycles. The minimum Gasteiger partial charge on any atom is -0.497 e. The van der Waals surface area contributed by atoms with E-state index in [1.54, 1.807) is 19.4 Å². The summed E-state index contributed by atoms with van der Waals surface area (Å²) < 4.78 is 17.3. The van der Waals surface area contributed by atoms with Crippen molar-refractivity contribution in [2.24, 2.45) is 0 Å². The van der Waals surface area contributed by atoms with Crippen LogP contribution < -0.4 is 15.0 Å². The molecule has 8 heteroatoms. The van der Waals surface area contributed by atoms with Gasteiger partial charge in [0.25, 0.3) is 5.56 Å². The summed E-state index contributed by atoms with van der Waals surface area (Å²) >= 11 is 1.26. The third-order valence-electron chi connectivity index (χ3n) is 3.93. The van der Waals surface area contributed by atoms with Gasteiger partial charge in [-0.05, 0) is 37.6 Å². The van der Waals surface area contributed by atoms with Crippen LogP contribution in [0.25, 0.3) is 10.2 Å². The molecule has 0 radical (unpaired) electrons. The predicted molar refractivity (Wildman–Crippen MR) is 103 cm³/mol. The van der Waals surface area contributed by atoms with E-state index in [0.29, 0.717) is 29.8 Å². The van der Waals surface area contributed by atoms with Crippen LogP contribution in [0.5, 0.6) is 11.5 Å². The number of esters is 1. The zero-order valence-electron chi connectivity index (χ0n) is 15.1. The van der Waals surface area contributed by atoms with Crippen LogP contribution in [0, 0.1) is 0 Å². The van der Waals surface area contributed by atoms with Crippen LogP contribution in [0.1, 0.15) is 23.7 Å². The van der Waals surface area contributed by atoms with Crippen LogP contribution in [-0.2, 0) is 11.3 Å². The van der Waals surface area contributed by atoms with Gasteiger partial charge in [0, 0.05) is 11.9 Å². The number of aromatic nitrogens is 2. The van der Waals surface area contributed by atoms with Gasteiger partial charge < -0.3 is 14.2 Å². The fraction of sp³-hybridized carbons (Fsp3) is 0.316. The number of benzene rings is 1. The number of hydrogen-bond acceptors (Lipinski definition) is 7. The summed E-state index contributed by atoms with van der Waals surface area (Å²) in [5, 5.41) is 1.94. The number of fused-ring (bicyclic) bond motifs is 1. The largest absolute Gasteiger partial charge is 0.497 e. The van der Waals surface area contributed by atoms with E-state index in [-0.39, 0.29) is 17.7 Å². The van der Waals surface area contributed by atoms with Crippen molar-refractivity contribution in [3.63, 3.8) is 0 Å². The first-order valence-electron chi connectivity index (χ1n) is 8.54. The Kier molecular flexibility index (Phi) is 6.08. The maximum atomic E-state index is 12.7. The van der Waals surface area contributed by atoms with Crippen molar-refractivity contribution in [1.29, 1.82) is 0 Å². The molecule has 7 nitrogen and oxygen atoms in total. The van der Waals surface area contributed by atoms with Gasteiger partial charge in [-0.25, -0.2) is 9.78 Å². The molecule has 27 heavy (non-hydrogen) atoms. The van der Waals surface area contributed by atoms with E-state index in [4.69, 9.17) is 14.2 Å². The van der Waals surface area contributed by atoms with Crippen LogP contribution in [0.4, 0.5) is 0 Å². The first-order valence-corrected chi connectivity index (χ1v) is 9.42. The maximum Gasteiger partial charge on any atom is 0.339 e. The molecular formula is C19H20N2O5S. The van der Waals surface area contributed by atoms with Gasteiger partial charge in [-0.1, -0.05) is 0 Å². The Hall–Kier alpha value is -2.87. The van der Waals surface area contributed by atoms with Gasteiger partial charge in [0.05, 0.1) is 37.6 Å². The minimum atomic E-state index is -0.497. The number of thiophene rings is 1. The highest BCUT2D eigenvalue weighted by atomic mass is 32.1. The normalized spacial score (nSPS) is 10.7. The standard InChI is InChI=1S/C19H20N2O5S/c1-3-25-19(23)15-11-27-17-16(15)18(22)21(12-20-17)9-4-10-26-14-7-5-13(24-2)6-8-14/h5-8,11-12H,3-4,9-10H2,1-2H3. The molecule has 2 heterocycles. The minimum absolute atomic E-state index is 0.242. The van der Waals surface area contributed by atoms with Crippen LogP contribution in [0.3, 0.4) is 0 Å². The number of methoxy groups -OCH3 is 1. The van der Waals surface area contributed by atoms with Crippen molar-refractivity contribution in [1.82, 2.24) is 9.55 Å². The summed E-state index contributed by atoms with van der Waals surface area (Å²) in [6, 6.07) is 7.31. The molecule has 0 atom stereocenters. The van der Waals surface area contributed by atoms with Crippen LogP contribution >= 0.6 is 11.3 Å². The maximum absolute atomic E-state index is 12.7. The number of rotatable bonds is 8. The molecule has 0 bridgehead atoms. The number of ether oxygens (including phenoxy) is 3. The van der Waals surface area contributed by atoms with Crippen molar-refractivity contribution >= 4 is 27.5 Å².